The molecule has 2 aliphatic rings. The van der Waals surface area contributed by atoms with Crippen molar-refractivity contribution in [2.24, 2.45) is 4.99 Å². The number of hydrogen-bond donors (Lipinski definition) is 1. The summed E-state index contributed by atoms with van der Waals surface area (Å²) in [6, 6.07) is 5.86. The van der Waals surface area contributed by atoms with Gasteiger partial charge in [0.05, 0.1) is 10.6 Å². The molecule has 0 aliphatic carbocycles. The van der Waals surface area contributed by atoms with Crippen molar-refractivity contribution in [1.82, 2.24) is 9.47 Å². The molecule has 4 rings (SSSR count). The van der Waals surface area contributed by atoms with Crippen molar-refractivity contribution in [1.29, 1.82) is 0 Å². The molecule has 24 heavy (non-hydrogen) atoms. The third kappa shape index (κ3) is 2.83. The highest BCUT2D eigenvalue weighted by Crippen LogP contribution is 2.21. The number of aliphatic imine (C=N–C) groups is 1. The lowest BCUT2D eigenvalue weighted by Gasteiger charge is -2.14. The molecule has 5 nitrogen and oxygen atoms in total. The van der Waals surface area contributed by atoms with Crippen LogP contribution in [0.2, 0.25) is 0 Å². The standard InChI is InChI=1S/C18H19N3O2S/c22-17-16(12-13-4-3-5-15-14(13)6-7-19-15)24-18(23)21(17)11-10-20-8-1-2-9-20/h3-7,12,22H,1-2,8-11H2. The monoisotopic (exact) mass is 341 g/mol. The second-order valence-corrected chi connectivity index (χ2v) is 7.12. The predicted molar refractivity (Wildman–Crippen MR) is 97.8 cm³/mol. The number of aromatic hydroxyl groups is 1. The molecule has 1 aromatic carbocycles. The van der Waals surface area contributed by atoms with E-state index in [-0.39, 0.29) is 10.8 Å². The number of benzene rings is 1. The molecule has 0 radical (unpaired) electrons. The van der Waals surface area contributed by atoms with Crippen LogP contribution in [0.25, 0.3) is 12.2 Å². The SMILES string of the molecule is O=c1sc(C=c2cccc3c2=CC=N3)c(O)n1CCN1CCCC1. The Morgan fingerprint density at radius 2 is 2.08 bits per heavy atom. The van der Waals surface area contributed by atoms with E-state index in [2.05, 4.69) is 9.89 Å². The van der Waals surface area contributed by atoms with Crippen LogP contribution in [0.15, 0.2) is 28.0 Å². The van der Waals surface area contributed by atoms with Crippen LogP contribution in [-0.4, -0.2) is 40.4 Å². The van der Waals surface area contributed by atoms with Crippen molar-refractivity contribution in [3.05, 3.63) is 43.2 Å². The summed E-state index contributed by atoms with van der Waals surface area (Å²) in [4.78, 5) is 19.4. The van der Waals surface area contributed by atoms with Crippen molar-refractivity contribution in [2.45, 2.75) is 19.4 Å². The first-order valence-electron chi connectivity index (χ1n) is 8.22. The summed E-state index contributed by atoms with van der Waals surface area (Å²) in [5.41, 5.74) is 0.920. The molecule has 0 bridgehead atoms. The summed E-state index contributed by atoms with van der Waals surface area (Å²) >= 11 is 1.09. The van der Waals surface area contributed by atoms with Gasteiger partial charge in [0, 0.05) is 24.5 Å². The summed E-state index contributed by atoms with van der Waals surface area (Å²) < 4.78 is 1.48. The van der Waals surface area contributed by atoms with Gasteiger partial charge in [-0.3, -0.25) is 14.4 Å². The fourth-order valence-electron chi connectivity index (χ4n) is 3.28. The second kappa shape index (κ2) is 6.37. The van der Waals surface area contributed by atoms with Gasteiger partial charge in [-0.05, 0) is 49.4 Å². The number of thiazole rings is 1. The van der Waals surface area contributed by atoms with Crippen LogP contribution in [0.5, 0.6) is 5.88 Å². The summed E-state index contributed by atoms with van der Waals surface area (Å²) in [5, 5.41) is 12.5. The topological polar surface area (TPSA) is 57.8 Å². The molecule has 2 aromatic rings. The average Bonchev–Trinajstić information content (AvgIpc) is 3.29. The van der Waals surface area contributed by atoms with E-state index >= 15 is 0 Å². The Labute approximate surface area is 143 Å². The minimum Gasteiger partial charge on any atom is -0.493 e. The normalized spacial score (nSPS) is 17.4. The molecule has 1 saturated heterocycles. The Hall–Kier alpha value is -2.18. The van der Waals surface area contributed by atoms with Crippen LogP contribution in [0.3, 0.4) is 0 Å². The van der Waals surface area contributed by atoms with Gasteiger partial charge in [0.1, 0.15) is 0 Å². The quantitative estimate of drug-likeness (QED) is 0.904. The van der Waals surface area contributed by atoms with Gasteiger partial charge in [-0.15, -0.1) is 0 Å². The van der Waals surface area contributed by atoms with Gasteiger partial charge in [-0.25, -0.2) is 0 Å². The van der Waals surface area contributed by atoms with Crippen LogP contribution < -0.4 is 15.3 Å². The minimum atomic E-state index is -0.106. The molecule has 3 heterocycles. The van der Waals surface area contributed by atoms with E-state index in [1.54, 1.807) is 6.21 Å². The number of fused-ring (bicyclic) bond motifs is 1. The van der Waals surface area contributed by atoms with Gasteiger partial charge in [0.2, 0.25) is 5.88 Å². The Balaban J connectivity index is 1.66. The molecule has 0 unspecified atom stereocenters. The van der Waals surface area contributed by atoms with E-state index in [0.29, 0.717) is 11.4 Å². The van der Waals surface area contributed by atoms with Gasteiger partial charge < -0.3 is 10.0 Å². The highest BCUT2D eigenvalue weighted by molar-refractivity contribution is 7.10. The first-order valence-corrected chi connectivity index (χ1v) is 9.04. The molecule has 0 saturated carbocycles. The van der Waals surface area contributed by atoms with Crippen LogP contribution in [-0.2, 0) is 6.54 Å². The largest absolute Gasteiger partial charge is 0.493 e. The number of nitrogens with zero attached hydrogens (tertiary/aromatic N) is 3. The zero-order valence-electron chi connectivity index (χ0n) is 13.3. The van der Waals surface area contributed by atoms with E-state index < -0.39 is 0 Å². The van der Waals surface area contributed by atoms with Crippen LogP contribution >= 0.6 is 11.3 Å². The fourth-order valence-corrected chi connectivity index (χ4v) is 4.14. The van der Waals surface area contributed by atoms with Crippen LogP contribution in [0.4, 0.5) is 5.69 Å². The fraction of sp³-hybridized carbons (Fsp3) is 0.333. The van der Waals surface area contributed by atoms with Crippen molar-refractivity contribution >= 4 is 35.4 Å². The van der Waals surface area contributed by atoms with Gasteiger partial charge in [-0.1, -0.05) is 23.5 Å². The number of likely N-dealkylation sites (tertiary alicyclic amines) is 1. The maximum atomic E-state index is 12.2. The maximum absolute atomic E-state index is 12.2. The number of hydrogen-bond acceptors (Lipinski definition) is 5. The zero-order valence-corrected chi connectivity index (χ0v) is 14.1. The zero-order chi connectivity index (χ0) is 16.5. The first kappa shape index (κ1) is 15.4. The molecule has 0 spiro atoms. The van der Waals surface area contributed by atoms with E-state index in [1.165, 1.54) is 17.4 Å². The highest BCUT2D eigenvalue weighted by atomic mass is 32.1. The van der Waals surface area contributed by atoms with Crippen LogP contribution in [0.1, 0.15) is 17.7 Å². The third-order valence-corrected chi connectivity index (χ3v) is 5.51. The lowest BCUT2D eigenvalue weighted by atomic mass is 10.2. The second-order valence-electron chi connectivity index (χ2n) is 6.13. The van der Waals surface area contributed by atoms with E-state index in [4.69, 9.17) is 0 Å². The average molecular weight is 341 g/mol. The van der Waals surface area contributed by atoms with Crippen molar-refractivity contribution in [3.63, 3.8) is 0 Å². The molecule has 1 fully saturated rings. The molecule has 0 amide bonds. The Morgan fingerprint density at radius 3 is 2.92 bits per heavy atom. The highest BCUT2D eigenvalue weighted by Gasteiger charge is 2.15. The predicted octanol–water partition coefficient (Wildman–Crippen LogP) is 1.04. The van der Waals surface area contributed by atoms with E-state index in [9.17, 15) is 9.90 Å². The molecule has 1 N–H and O–H groups in total. The van der Waals surface area contributed by atoms with E-state index in [0.717, 1.165) is 47.1 Å². The van der Waals surface area contributed by atoms with Crippen molar-refractivity contribution in [2.75, 3.05) is 19.6 Å². The Morgan fingerprint density at radius 1 is 1.25 bits per heavy atom. The van der Waals surface area contributed by atoms with Crippen molar-refractivity contribution < 1.29 is 5.11 Å². The van der Waals surface area contributed by atoms with Crippen LogP contribution in [0, 0.1) is 0 Å². The van der Waals surface area contributed by atoms with Gasteiger partial charge in [0.25, 0.3) is 0 Å². The van der Waals surface area contributed by atoms with Gasteiger partial charge in [0.15, 0.2) is 0 Å². The third-order valence-electron chi connectivity index (χ3n) is 4.59. The Bertz CT molecular complexity index is 965. The molecule has 2 aliphatic heterocycles. The minimum absolute atomic E-state index is 0.0701. The molecule has 124 valence electrons. The summed E-state index contributed by atoms with van der Waals surface area (Å²) in [7, 11) is 0. The molecular formula is C18H19N3O2S. The maximum Gasteiger partial charge on any atom is 0.310 e. The first-order chi connectivity index (χ1) is 11.7. The summed E-state index contributed by atoms with van der Waals surface area (Å²) in [5.74, 6) is 0.0701. The number of rotatable bonds is 4. The van der Waals surface area contributed by atoms with Gasteiger partial charge >= 0.3 is 4.87 Å². The molecule has 1 aromatic heterocycles. The smallest absolute Gasteiger partial charge is 0.310 e. The van der Waals surface area contributed by atoms with E-state index in [1.807, 2.05) is 30.4 Å². The molecule has 0 atom stereocenters. The lowest BCUT2D eigenvalue weighted by Crippen LogP contribution is -2.26. The molecule has 6 heteroatoms. The summed E-state index contributed by atoms with van der Waals surface area (Å²) in [6.07, 6.45) is 8.04. The van der Waals surface area contributed by atoms with Gasteiger partial charge in [-0.2, -0.15) is 0 Å². The molecular weight excluding hydrogens is 322 g/mol. The summed E-state index contributed by atoms with van der Waals surface area (Å²) in [6.45, 7) is 3.53. The van der Waals surface area contributed by atoms with Crippen molar-refractivity contribution in [3.8, 4) is 5.88 Å². The lowest BCUT2D eigenvalue weighted by molar-refractivity contribution is 0.309. The number of aromatic nitrogens is 1. The Kier molecular flexibility index (Phi) is 4.08.